The number of carbonyl (C=O) groups is 3. The number of carbonyl (C=O) groups excluding carboxylic acids is 3. The molecule has 0 N–H and O–H groups in total. The zero-order chi connectivity index (χ0) is 30.6. The predicted molar refractivity (Wildman–Crippen MR) is 164 cm³/mol. The van der Waals surface area contributed by atoms with E-state index in [0.29, 0.717) is 43.9 Å². The summed E-state index contributed by atoms with van der Waals surface area (Å²) >= 11 is 0. The van der Waals surface area contributed by atoms with Crippen LogP contribution in [0, 0.1) is 12.3 Å². The van der Waals surface area contributed by atoms with Crippen molar-refractivity contribution in [3.05, 3.63) is 83.4 Å². The van der Waals surface area contributed by atoms with Gasteiger partial charge in [0.05, 0.1) is 19.0 Å². The van der Waals surface area contributed by atoms with E-state index in [1.807, 2.05) is 13.1 Å². The average Bonchev–Trinajstić information content (AvgIpc) is 3.83. The molecule has 2 atom stereocenters. The number of nitrogens with zero attached hydrogens (tertiary/aromatic N) is 7. The van der Waals surface area contributed by atoms with Crippen molar-refractivity contribution in [2.24, 2.45) is 5.41 Å². The van der Waals surface area contributed by atoms with Gasteiger partial charge in [-0.1, -0.05) is 43.3 Å². The molecule has 1 unspecified atom stereocenters. The average molecular weight is 594 g/mol. The third-order valence-electron chi connectivity index (χ3n) is 9.56. The minimum Gasteiger partial charge on any atom is -0.464 e. The lowest BCUT2D eigenvalue weighted by molar-refractivity contribution is -0.117. The van der Waals surface area contributed by atoms with Gasteiger partial charge in [0.1, 0.15) is 5.82 Å². The van der Waals surface area contributed by atoms with Crippen molar-refractivity contribution >= 4 is 34.9 Å². The summed E-state index contributed by atoms with van der Waals surface area (Å²) in [6.07, 6.45) is 4.01. The van der Waals surface area contributed by atoms with E-state index in [0.717, 1.165) is 30.8 Å². The van der Waals surface area contributed by atoms with Crippen molar-refractivity contribution in [2.45, 2.75) is 38.5 Å². The topological polar surface area (TPSA) is 113 Å². The Kier molecular flexibility index (Phi) is 6.64. The molecule has 0 saturated carbocycles. The second-order valence-corrected chi connectivity index (χ2v) is 12.7. The molecule has 1 spiro atoms. The molecule has 3 fully saturated rings. The largest absolute Gasteiger partial charge is 0.464 e. The van der Waals surface area contributed by atoms with E-state index in [1.54, 1.807) is 32.5 Å². The lowest BCUT2D eigenvalue weighted by atomic mass is 9.82. The standard InChI is InChI=1S/C33H35N7O4/c1-22-16-24(37-14-12-32(2,19-37)23-8-5-4-6-9-23)18-40-29(22)35-28(36-40)30(42)38-15-13-33(20-38)17-27(41)39(21-33)26-11-7-10-25(34-26)31(43)44-3/h4-11,16,18H,12-15,17,19-21H2,1-3H3/t32-,33?/m0/s1. The second kappa shape index (κ2) is 10.4. The number of pyridine rings is 2. The van der Waals surface area contributed by atoms with E-state index >= 15 is 0 Å². The number of benzene rings is 1. The molecule has 11 nitrogen and oxygen atoms in total. The molecule has 44 heavy (non-hydrogen) atoms. The van der Waals surface area contributed by atoms with Crippen molar-refractivity contribution in [3.63, 3.8) is 0 Å². The van der Waals surface area contributed by atoms with Crippen LogP contribution in [-0.4, -0.2) is 82.1 Å². The van der Waals surface area contributed by atoms with Crippen molar-refractivity contribution in [3.8, 4) is 0 Å². The van der Waals surface area contributed by atoms with Crippen LogP contribution < -0.4 is 9.80 Å². The molecule has 226 valence electrons. The quantitative estimate of drug-likeness (QED) is 0.322. The number of likely N-dealkylation sites (tertiary alicyclic amines) is 1. The molecule has 1 aromatic carbocycles. The van der Waals surface area contributed by atoms with Crippen LogP contribution in [0.5, 0.6) is 0 Å². The highest BCUT2D eigenvalue weighted by Crippen LogP contribution is 2.42. The first kappa shape index (κ1) is 28.0. The summed E-state index contributed by atoms with van der Waals surface area (Å²) in [7, 11) is 1.30. The molecule has 3 saturated heterocycles. The summed E-state index contributed by atoms with van der Waals surface area (Å²) in [5.41, 5.74) is 3.85. The Morgan fingerprint density at radius 2 is 1.77 bits per heavy atom. The van der Waals surface area contributed by atoms with Gasteiger partial charge < -0.3 is 14.5 Å². The number of anilines is 2. The smallest absolute Gasteiger partial charge is 0.356 e. The molecule has 0 aliphatic carbocycles. The summed E-state index contributed by atoms with van der Waals surface area (Å²) in [6, 6.07) is 17.7. The fraction of sp³-hybridized carbons (Fsp3) is 0.394. The van der Waals surface area contributed by atoms with E-state index in [9.17, 15) is 14.4 Å². The predicted octanol–water partition coefficient (Wildman–Crippen LogP) is 3.66. The van der Waals surface area contributed by atoms with Crippen LogP contribution >= 0.6 is 0 Å². The van der Waals surface area contributed by atoms with Gasteiger partial charge in [0, 0.05) is 50.0 Å². The highest BCUT2D eigenvalue weighted by atomic mass is 16.5. The van der Waals surface area contributed by atoms with Crippen molar-refractivity contribution in [1.82, 2.24) is 24.5 Å². The van der Waals surface area contributed by atoms with Crippen LogP contribution in [0.4, 0.5) is 11.5 Å². The summed E-state index contributed by atoms with van der Waals surface area (Å²) in [6.45, 7) is 7.52. The number of fused-ring (bicyclic) bond motifs is 1. The molecule has 7 rings (SSSR count). The zero-order valence-corrected chi connectivity index (χ0v) is 25.2. The number of ether oxygens (including phenoxy) is 1. The van der Waals surface area contributed by atoms with E-state index in [-0.39, 0.29) is 34.2 Å². The van der Waals surface area contributed by atoms with Crippen LogP contribution in [0.3, 0.4) is 0 Å². The maximum atomic E-state index is 13.7. The van der Waals surface area contributed by atoms with Gasteiger partial charge in [0.25, 0.3) is 5.91 Å². The molecular formula is C33H35N7O4. The first-order valence-electron chi connectivity index (χ1n) is 15.0. The molecule has 3 aliphatic rings. The Labute approximate surface area is 255 Å². The van der Waals surface area contributed by atoms with E-state index in [1.165, 1.54) is 12.7 Å². The minimum absolute atomic E-state index is 0.0662. The van der Waals surface area contributed by atoms with Gasteiger partial charge in [-0.05, 0) is 49.1 Å². The summed E-state index contributed by atoms with van der Waals surface area (Å²) < 4.78 is 6.50. The van der Waals surface area contributed by atoms with E-state index in [4.69, 9.17) is 4.74 Å². The summed E-state index contributed by atoms with van der Waals surface area (Å²) in [5.74, 6) is -0.296. The van der Waals surface area contributed by atoms with Crippen LogP contribution in [-0.2, 0) is 14.9 Å². The van der Waals surface area contributed by atoms with Crippen molar-refractivity contribution in [1.29, 1.82) is 0 Å². The fourth-order valence-corrected chi connectivity index (χ4v) is 7.07. The number of esters is 1. The maximum absolute atomic E-state index is 13.7. The van der Waals surface area contributed by atoms with Crippen LogP contribution in [0.15, 0.2) is 60.8 Å². The van der Waals surface area contributed by atoms with Crippen LogP contribution in [0.1, 0.15) is 58.4 Å². The van der Waals surface area contributed by atoms with Gasteiger partial charge in [0.2, 0.25) is 11.7 Å². The van der Waals surface area contributed by atoms with Gasteiger partial charge in [-0.15, -0.1) is 5.10 Å². The molecule has 2 amide bonds. The van der Waals surface area contributed by atoms with E-state index < -0.39 is 5.97 Å². The monoisotopic (exact) mass is 593 g/mol. The normalized spacial score (nSPS) is 23.3. The van der Waals surface area contributed by atoms with Crippen molar-refractivity contribution < 1.29 is 19.1 Å². The Morgan fingerprint density at radius 1 is 0.955 bits per heavy atom. The first-order chi connectivity index (χ1) is 21.2. The Balaban J connectivity index is 1.07. The minimum atomic E-state index is -0.556. The molecule has 11 heteroatoms. The van der Waals surface area contributed by atoms with Gasteiger partial charge in [-0.2, -0.15) is 0 Å². The second-order valence-electron chi connectivity index (χ2n) is 12.7. The number of amides is 2. The highest BCUT2D eigenvalue weighted by molar-refractivity contribution is 5.97. The molecule has 6 heterocycles. The number of hydrogen-bond donors (Lipinski definition) is 0. The SMILES string of the molecule is COC(=O)c1cccc(N2CC3(CCN(C(=O)c4nc5c(C)cc(N6CC[C@](C)(c7ccccc7)C6)cn5n4)C3)CC2=O)n1. The van der Waals surface area contributed by atoms with Crippen LogP contribution in [0.2, 0.25) is 0 Å². The Bertz CT molecular complexity index is 1790. The number of aromatic nitrogens is 4. The lowest BCUT2D eigenvalue weighted by Crippen LogP contribution is -2.35. The number of hydrogen-bond acceptors (Lipinski definition) is 8. The molecule has 4 aromatic rings. The number of aryl methyl sites for hydroxylation is 1. The summed E-state index contributed by atoms with van der Waals surface area (Å²) in [5, 5.41) is 4.63. The van der Waals surface area contributed by atoms with Gasteiger partial charge in [-0.25, -0.2) is 19.3 Å². The third-order valence-corrected chi connectivity index (χ3v) is 9.56. The van der Waals surface area contributed by atoms with Gasteiger partial charge >= 0.3 is 5.97 Å². The van der Waals surface area contributed by atoms with Crippen LogP contribution in [0.25, 0.3) is 5.65 Å². The first-order valence-corrected chi connectivity index (χ1v) is 15.0. The zero-order valence-electron chi connectivity index (χ0n) is 25.2. The Hall–Kier alpha value is -4.80. The number of rotatable bonds is 5. The Morgan fingerprint density at radius 3 is 2.57 bits per heavy atom. The summed E-state index contributed by atoms with van der Waals surface area (Å²) in [4.78, 5) is 53.4. The van der Waals surface area contributed by atoms with Gasteiger partial charge in [0.15, 0.2) is 11.3 Å². The molecule has 3 aromatic heterocycles. The molecular weight excluding hydrogens is 558 g/mol. The molecule has 0 bridgehead atoms. The van der Waals surface area contributed by atoms with E-state index in [2.05, 4.69) is 63.3 Å². The molecule has 0 radical (unpaired) electrons. The van der Waals surface area contributed by atoms with Gasteiger partial charge in [-0.3, -0.25) is 14.5 Å². The molecule has 3 aliphatic heterocycles. The third kappa shape index (κ3) is 4.76. The fourth-order valence-electron chi connectivity index (χ4n) is 7.07. The number of methoxy groups -OCH3 is 1. The lowest BCUT2D eigenvalue weighted by Gasteiger charge is -2.26. The maximum Gasteiger partial charge on any atom is 0.356 e. The van der Waals surface area contributed by atoms with Crippen molar-refractivity contribution in [2.75, 3.05) is 49.6 Å². The highest BCUT2D eigenvalue weighted by Gasteiger charge is 2.49.